The first kappa shape index (κ1) is 13.7. The molecule has 0 aromatic heterocycles. The van der Waals surface area contributed by atoms with E-state index in [1.165, 1.54) is 16.7 Å². The van der Waals surface area contributed by atoms with Crippen LogP contribution in [0.15, 0.2) is 60.7 Å². The van der Waals surface area contributed by atoms with Crippen molar-refractivity contribution >= 4 is 0 Å². The molecule has 0 saturated heterocycles. The number of benzene rings is 2. The van der Waals surface area contributed by atoms with Crippen molar-refractivity contribution in [3.8, 4) is 11.5 Å². The Balaban J connectivity index is 2.04. The molecule has 0 bridgehead atoms. The molecule has 0 spiro atoms. The van der Waals surface area contributed by atoms with E-state index >= 15 is 0 Å². The molecule has 0 heterocycles. The van der Waals surface area contributed by atoms with Gasteiger partial charge in [-0.15, -0.1) is 0 Å². The van der Waals surface area contributed by atoms with E-state index in [1.807, 2.05) is 24.3 Å². The van der Waals surface area contributed by atoms with Crippen molar-refractivity contribution < 1.29 is 9.47 Å². The van der Waals surface area contributed by atoms with Crippen LogP contribution in [-0.4, -0.2) is 14.2 Å². The topological polar surface area (TPSA) is 18.5 Å². The predicted octanol–water partition coefficient (Wildman–Crippen LogP) is 4.34. The van der Waals surface area contributed by atoms with E-state index in [4.69, 9.17) is 9.47 Å². The number of hydrogen-bond acceptors (Lipinski definition) is 2. The highest BCUT2D eigenvalue weighted by Crippen LogP contribution is 2.52. The zero-order valence-electron chi connectivity index (χ0n) is 12.6. The fourth-order valence-electron chi connectivity index (χ4n) is 3.17. The Morgan fingerprint density at radius 2 is 1.24 bits per heavy atom. The summed E-state index contributed by atoms with van der Waals surface area (Å²) in [5, 5.41) is 0. The van der Waals surface area contributed by atoms with E-state index in [-0.39, 0.29) is 5.41 Å². The SMILES string of the molecule is C=C1CCC1(c1ccc(OC)cc1)c1ccc(OC)cc1. The minimum atomic E-state index is -0.0570. The number of ether oxygens (including phenoxy) is 2. The molecule has 0 radical (unpaired) electrons. The zero-order valence-corrected chi connectivity index (χ0v) is 12.6. The van der Waals surface area contributed by atoms with Gasteiger partial charge in [0.05, 0.1) is 14.2 Å². The normalized spacial score (nSPS) is 16.2. The molecule has 0 atom stereocenters. The highest BCUT2D eigenvalue weighted by molar-refractivity contribution is 5.53. The second-order valence-electron chi connectivity index (χ2n) is 5.47. The molecule has 1 aliphatic rings. The summed E-state index contributed by atoms with van der Waals surface area (Å²) in [4.78, 5) is 0. The van der Waals surface area contributed by atoms with Crippen LogP contribution in [-0.2, 0) is 5.41 Å². The van der Waals surface area contributed by atoms with E-state index in [9.17, 15) is 0 Å². The summed E-state index contributed by atoms with van der Waals surface area (Å²) in [6.45, 7) is 4.29. The Kier molecular flexibility index (Phi) is 3.46. The predicted molar refractivity (Wildman–Crippen MR) is 85.1 cm³/mol. The van der Waals surface area contributed by atoms with Crippen LogP contribution in [0.25, 0.3) is 0 Å². The number of methoxy groups -OCH3 is 2. The summed E-state index contributed by atoms with van der Waals surface area (Å²) in [6.07, 6.45) is 2.18. The van der Waals surface area contributed by atoms with Crippen LogP contribution >= 0.6 is 0 Å². The Bertz CT molecular complexity index is 591. The Hall–Kier alpha value is -2.22. The maximum Gasteiger partial charge on any atom is 0.118 e. The average Bonchev–Trinajstić information content (AvgIpc) is 2.55. The van der Waals surface area contributed by atoms with Crippen molar-refractivity contribution in [3.63, 3.8) is 0 Å². The summed E-state index contributed by atoms with van der Waals surface area (Å²) in [6, 6.07) is 16.7. The monoisotopic (exact) mass is 280 g/mol. The second-order valence-corrected chi connectivity index (χ2v) is 5.47. The van der Waals surface area contributed by atoms with Crippen molar-refractivity contribution in [1.29, 1.82) is 0 Å². The molecule has 0 unspecified atom stereocenters. The van der Waals surface area contributed by atoms with Gasteiger partial charge >= 0.3 is 0 Å². The maximum absolute atomic E-state index is 5.26. The minimum Gasteiger partial charge on any atom is -0.497 e. The van der Waals surface area contributed by atoms with Crippen LogP contribution in [0.1, 0.15) is 24.0 Å². The smallest absolute Gasteiger partial charge is 0.118 e. The molecule has 3 rings (SSSR count). The van der Waals surface area contributed by atoms with Gasteiger partial charge in [-0.3, -0.25) is 0 Å². The van der Waals surface area contributed by atoms with Crippen LogP contribution in [0.3, 0.4) is 0 Å². The van der Waals surface area contributed by atoms with Gasteiger partial charge in [-0.2, -0.15) is 0 Å². The van der Waals surface area contributed by atoms with Gasteiger partial charge in [0.15, 0.2) is 0 Å². The number of rotatable bonds is 4. The highest BCUT2D eigenvalue weighted by Gasteiger charge is 2.43. The Labute approximate surface area is 126 Å². The lowest BCUT2D eigenvalue weighted by molar-refractivity contribution is 0.408. The first-order valence-corrected chi connectivity index (χ1v) is 7.18. The first-order valence-electron chi connectivity index (χ1n) is 7.18. The average molecular weight is 280 g/mol. The largest absolute Gasteiger partial charge is 0.497 e. The molecule has 2 heteroatoms. The second kappa shape index (κ2) is 5.28. The molecule has 1 saturated carbocycles. The summed E-state index contributed by atoms with van der Waals surface area (Å²) in [7, 11) is 3.38. The molecule has 21 heavy (non-hydrogen) atoms. The third kappa shape index (κ3) is 2.11. The van der Waals surface area contributed by atoms with Crippen LogP contribution < -0.4 is 9.47 Å². The van der Waals surface area contributed by atoms with Gasteiger partial charge in [-0.1, -0.05) is 36.4 Å². The fourth-order valence-corrected chi connectivity index (χ4v) is 3.17. The van der Waals surface area contributed by atoms with Crippen molar-refractivity contribution in [2.24, 2.45) is 0 Å². The summed E-state index contributed by atoms with van der Waals surface area (Å²) >= 11 is 0. The van der Waals surface area contributed by atoms with Crippen molar-refractivity contribution in [3.05, 3.63) is 71.8 Å². The fraction of sp³-hybridized carbons (Fsp3) is 0.263. The van der Waals surface area contributed by atoms with Crippen LogP contribution in [0.5, 0.6) is 11.5 Å². The molecule has 0 aliphatic heterocycles. The molecular weight excluding hydrogens is 260 g/mol. The molecule has 0 N–H and O–H groups in total. The van der Waals surface area contributed by atoms with Crippen molar-refractivity contribution in [1.82, 2.24) is 0 Å². The summed E-state index contributed by atoms with van der Waals surface area (Å²) in [5.41, 5.74) is 3.78. The van der Waals surface area contributed by atoms with E-state index in [2.05, 4.69) is 30.8 Å². The van der Waals surface area contributed by atoms with E-state index < -0.39 is 0 Å². The minimum absolute atomic E-state index is 0.0570. The third-order valence-electron chi connectivity index (χ3n) is 4.57. The van der Waals surface area contributed by atoms with Crippen LogP contribution in [0.2, 0.25) is 0 Å². The van der Waals surface area contributed by atoms with Gasteiger partial charge < -0.3 is 9.47 Å². The number of allylic oxidation sites excluding steroid dienone is 1. The molecule has 1 fully saturated rings. The van der Waals surface area contributed by atoms with Gasteiger partial charge in [0.25, 0.3) is 0 Å². The van der Waals surface area contributed by atoms with Crippen LogP contribution in [0, 0.1) is 0 Å². The summed E-state index contributed by atoms with van der Waals surface area (Å²) < 4.78 is 10.5. The van der Waals surface area contributed by atoms with Crippen molar-refractivity contribution in [2.45, 2.75) is 18.3 Å². The quantitative estimate of drug-likeness (QED) is 0.776. The van der Waals surface area contributed by atoms with E-state index in [0.29, 0.717) is 0 Å². The third-order valence-corrected chi connectivity index (χ3v) is 4.57. The Morgan fingerprint density at radius 1 is 0.810 bits per heavy atom. The molecule has 2 aromatic rings. The van der Waals surface area contributed by atoms with Gasteiger partial charge in [-0.05, 0) is 48.2 Å². The molecular formula is C19H20O2. The summed E-state index contributed by atoms with van der Waals surface area (Å²) in [5.74, 6) is 1.77. The van der Waals surface area contributed by atoms with E-state index in [1.54, 1.807) is 14.2 Å². The molecule has 0 amide bonds. The highest BCUT2D eigenvalue weighted by atomic mass is 16.5. The standard InChI is InChI=1S/C19H20O2/c1-14-12-13-19(14,15-4-8-17(20-2)9-5-15)16-6-10-18(21-3)11-7-16/h4-11H,1,12-13H2,2-3H3. The number of hydrogen-bond donors (Lipinski definition) is 0. The van der Waals surface area contributed by atoms with E-state index in [0.717, 1.165) is 24.3 Å². The molecule has 2 nitrogen and oxygen atoms in total. The molecule has 1 aliphatic carbocycles. The van der Waals surface area contributed by atoms with Gasteiger partial charge in [0.2, 0.25) is 0 Å². The Morgan fingerprint density at radius 3 is 1.48 bits per heavy atom. The first-order chi connectivity index (χ1) is 10.2. The molecule has 108 valence electrons. The van der Waals surface area contributed by atoms with Crippen LogP contribution in [0.4, 0.5) is 0 Å². The molecule has 2 aromatic carbocycles. The zero-order chi connectivity index (χ0) is 14.9. The van der Waals surface area contributed by atoms with Crippen molar-refractivity contribution in [2.75, 3.05) is 14.2 Å². The lowest BCUT2D eigenvalue weighted by atomic mass is 9.57. The van der Waals surface area contributed by atoms with Gasteiger partial charge in [-0.25, -0.2) is 0 Å². The lowest BCUT2D eigenvalue weighted by Crippen LogP contribution is -2.37. The lowest BCUT2D eigenvalue weighted by Gasteiger charge is -2.45. The van der Waals surface area contributed by atoms with Gasteiger partial charge in [0.1, 0.15) is 11.5 Å². The maximum atomic E-state index is 5.26. The van der Waals surface area contributed by atoms with Gasteiger partial charge in [0, 0.05) is 5.41 Å².